The molecule has 0 radical (unpaired) electrons. The van der Waals surface area contributed by atoms with Crippen LogP contribution in [-0.2, 0) is 4.74 Å². The fraction of sp³-hybridized carbons (Fsp3) is 0.429. The molecule has 0 bridgehead atoms. The Morgan fingerprint density at radius 1 is 1.33 bits per heavy atom. The Morgan fingerprint density at radius 2 is 2.10 bits per heavy atom. The molecule has 0 saturated carbocycles. The molecule has 7 nitrogen and oxygen atoms in total. The number of aromatic amines is 1. The highest BCUT2D eigenvalue weighted by Crippen LogP contribution is 2.32. The summed E-state index contributed by atoms with van der Waals surface area (Å²) >= 11 is 0. The molecule has 1 saturated heterocycles. The van der Waals surface area contributed by atoms with Crippen LogP contribution in [0.1, 0.15) is 17.2 Å². The number of hydrogen-bond acceptors (Lipinski definition) is 6. The van der Waals surface area contributed by atoms with Gasteiger partial charge in [0.25, 0.3) is 5.56 Å². The van der Waals surface area contributed by atoms with Gasteiger partial charge in [0.1, 0.15) is 30.1 Å². The van der Waals surface area contributed by atoms with Crippen LogP contribution in [0.2, 0.25) is 0 Å². The molecule has 0 amide bonds. The molecule has 0 aromatic carbocycles. The molecule has 1 fully saturated rings. The van der Waals surface area contributed by atoms with Gasteiger partial charge in [-0.25, -0.2) is 4.98 Å². The molecule has 2 aromatic rings. The third-order valence-corrected chi connectivity index (χ3v) is 3.71. The highest BCUT2D eigenvalue weighted by Gasteiger charge is 2.44. The maximum atomic E-state index is 12.1. The highest BCUT2D eigenvalue weighted by atomic mass is 16.6. The second-order valence-corrected chi connectivity index (χ2v) is 5.26. The lowest BCUT2D eigenvalue weighted by Crippen LogP contribution is -2.33. The Kier molecular flexibility index (Phi) is 3.50. The van der Waals surface area contributed by atoms with Gasteiger partial charge >= 0.3 is 0 Å². The fourth-order valence-corrected chi connectivity index (χ4v) is 2.59. The minimum Gasteiger partial charge on any atom is -0.394 e. The zero-order valence-electron chi connectivity index (χ0n) is 11.4. The van der Waals surface area contributed by atoms with Gasteiger partial charge in [0.2, 0.25) is 0 Å². The van der Waals surface area contributed by atoms with Crippen LogP contribution < -0.4 is 5.56 Å². The normalized spacial score (nSPS) is 29.1. The molecule has 21 heavy (non-hydrogen) atoms. The number of rotatable bonds is 2. The van der Waals surface area contributed by atoms with E-state index in [-0.39, 0.29) is 5.56 Å². The average Bonchev–Trinajstić information content (AvgIpc) is 2.75. The van der Waals surface area contributed by atoms with E-state index in [1.54, 1.807) is 12.3 Å². The first-order valence-electron chi connectivity index (χ1n) is 6.63. The van der Waals surface area contributed by atoms with E-state index in [2.05, 4.69) is 9.97 Å². The van der Waals surface area contributed by atoms with Gasteiger partial charge in [-0.15, -0.1) is 0 Å². The molecular weight excluding hydrogens is 276 g/mol. The number of ether oxygens (including phenoxy) is 1. The zero-order chi connectivity index (χ0) is 15.1. The molecule has 2 aromatic heterocycles. The molecule has 3 rings (SSSR count). The van der Waals surface area contributed by atoms with E-state index in [1.165, 1.54) is 0 Å². The SMILES string of the molecule is Cc1cnc2[nH]c(=O)c([C@@H]3O[C@H](CO)C(O)C3O)cc2c1. The lowest BCUT2D eigenvalue weighted by atomic mass is 10.0. The van der Waals surface area contributed by atoms with Crippen molar-refractivity contribution in [1.82, 2.24) is 9.97 Å². The maximum Gasteiger partial charge on any atom is 0.255 e. The van der Waals surface area contributed by atoms with Crippen LogP contribution >= 0.6 is 0 Å². The van der Waals surface area contributed by atoms with Gasteiger partial charge in [-0.3, -0.25) is 4.79 Å². The number of nitrogens with one attached hydrogen (secondary N) is 1. The first-order valence-corrected chi connectivity index (χ1v) is 6.63. The van der Waals surface area contributed by atoms with Crippen LogP contribution in [0.25, 0.3) is 11.0 Å². The summed E-state index contributed by atoms with van der Waals surface area (Å²) in [4.78, 5) is 18.9. The Morgan fingerprint density at radius 3 is 2.76 bits per heavy atom. The lowest BCUT2D eigenvalue weighted by Gasteiger charge is -2.14. The largest absolute Gasteiger partial charge is 0.394 e. The molecule has 4 N–H and O–H groups in total. The number of aromatic nitrogens is 2. The first-order chi connectivity index (χ1) is 10.0. The zero-order valence-corrected chi connectivity index (χ0v) is 11.4. The molecule has 0 aliphatic carbocycles. The predicted molar refractivity (Wildman–Crippen MR) is 73.8 cm³/mol. The molecule has 4 atom stereocenters. The van der Waals surface area contributed by atoms with Gasteiger partial charge in [0.05, 0.1) is 6.61 Å². The Balaban J connectivity index is 2.08. The summed E-state index contributed by atoms with van der Waals surface area (Å²) in [5.74, 6) is 0. The first kappa shape index (κ1) is 14.2. The van der Waals surface area contributed by atoms with Crippen LogP contribution in [0, 0.1) is 6.92 Å². The van der Waals surface area contributed by atoms with Gasteiger partial charge in [-0.1, -0.05) is 0 Å². The molecule has 2 unspecified atom stereocenters. The van der Waals surface area contributed by atoms with Crippen molar-refractivity contribution in [3.8, 4) is 0 Å². The Hall–Kier alpha value is -1.80. The summed E-state index contributed by atoms with van der Waals surface area (Å²) in [6.45, 7) is 1.45. The number of aryl methyl sites for hydroxylation is 1. The minimum absolute atomic E-state index is 0.206. The van der Waals surface area contributed by atoms with Crippen molar-refractivity contribution in [2.75, 3.05) is 6.61 Å². The van der Waals surface area contributed by atoms with Crippen molar-refractivity contribution in [3.05, 3.63) is 39.8 Å². The molecule has 112 valence electrons. The Labute approximate surface area is 119 Å². The standard InChI is InChI=1S/C14H16N2O5/c1-6-2-7-3-8(14(20)16-13(7)15-4-6)12-11(19)10(18)9(5-17)21-12/h2-4,9-12,17-19H,5H2,1H3,(H,15,16,20)/t9-,10?,11?,12+/m1/s1. The summed E-state index contributed by atoms with van der Waals surface area (Å²) < 4.78 is 5.39. The van der Waals surface area contributed by atoms with Gasteiger partial charge < -0.3 is 25.0 Å². The van der Waals surface area contributed by atoms with Crippen LogP contribution in [-0.4, -0.2) is 50.2 Å². The summed E-state index contributed by atoms with van der Waals surface area (Å²) in [6, 6.07) is 3.44. The third kappa shape index (κ3) is 2.34. The number of aliphatic hydroxyl groups is 3. The third-order valence-electron chi connectivity index (χ3n) is 3.71. The highest BCUT2D eigenvalue weighted by molar-refractivity contribution is 5.75. The molecule has 1 aliphatic rings. The topological polar surface area (TPSA) is 116 Å². The minimum atomic E-state index is -1.27. The van der Waals surface area contributed by atoms with Gasteiger partial charge in [-0.05, 0) is 24.6 Å². The number of H-pyrrole nitrogens is 1. The van der Waals surface area contributed by atoms with Crippen molar-refractivity contribution in [1.29, 1.82) is 0 Å². The molecule has 0 spiro atoms. The van der Waals surface area contributed by atoms with E-state index >= 15 is 0 Å². The van der Waals surface area contributed by atoms with Crippen molar-refractivity contribution in [2.45, 2.75) is 31.3 Å². The predicted octanol–water partition coefficient (Wildman–Crippen LogP) is -0.614. The monoisotopic (exact) mass is 292 g/mol. The second-order valence-electron chi connectivity index (χ2n) is 5.26. The van der Waals surface area contributed by atoms with Crippen LogP contribution in [0.5, 0.6) is 0 Å². The van der Waals surface area contributed by atoms with Crippen LogP contribution in [0.3, 0.4) is 0 Å². The quantitative estimate of drug-likeness (QED) is 0.586. The van der Waals surface area contributed by atoms with E-state index in [0.29, 0.717) is 11.0 Å². The van der Waals surface area contributed by atoms with Crippen molar-refractivity contribution in [3.63, 3.8) is 0 Å². The van der Waals surface area contributed by atoms with E-state index in [1.807, 2.05) is 13.0 Å². The fourth-order valence-electron chi connectivity index (χ4n) is 2.59. The van der Waals surface area contributed by atoms with Crippen molar-refractivity contribution < 1.29 is 20.1 Å². The van der Waals surface area contributed by atoms with Crippen molar-refractivity contribution in [2.24, 2.45) is 0 Å². The Bertz CT molecular complexity index is 729. The van der Waals surface area contributed by atoms with E-state index in [4.69, 9.17) is 9.84 Å². The van der Waals surface area contributed by atoms with E-state index in [0.717, 1.165) is 5.56 Å². The molecule has 1 aliphatic heterocycles. The smallest absolute Gasteiger partial charge is 0.255 e. The maximum absolute atomic E-state index is 12.1. The number of aliphatic hydroxyl groups excluding tert-OH is 3. The summed E-state index contributed by atoms with van der Waals surface area (Å²) in [7, 11) is 0. The number of pyridine rings is 2. The van der Waals surface area contributed by atoms with Crippen molar-refractivity contribution >= 4 is 11.0 Å². The molecular formula is C14H16N2O5. The number of fused-ring (bicyclic) bond motifs is 1. The lowest BCUT2D eigenvalue weighted by molar-refractivity contribution is -0.0231. The molecule has 7 heteroatoms. The average molecular weight is 292 g/mol. The van der Waals surface area contributed by atoms with E-state index in [9.17, 15) is 15.0 Å². The number of hydrogen-bond donors (Lipinski definition) is 4. The summed E-state index contributed by atoms with van der Waals surface area (Å²) in [5, 5.41) is 29.6. The summed E-state index contributed by atoms with van der Waals surface area (Å²) in [5.41, 5.74) is 1.15. The van der Waals surface area contributed by atoms with Gasteiger partial charge in [0.15, 0.2) is 0 Å². The number of nitrogens with zero attached hydrogens (tertiary/aromatic N) is 1. The summed E-state index contributed by atoms with van der Waals surface area (Å²) in [6.07, 6.45) is -2.74. The van der Waals surface area contributed by atoms with Crippen LogP contribution in [0.15, 0.2) is 23.1 Å². The van der Waals surface area contributed by atoms with Gasteiger partial charge in [-0.2, -0.15) is 0 Å². The van der Waals surface area contributed by atoms with E-state index < -0.39 is 36.6 Å². The second kappa shape index (κ2) is 5.19. The van der Waals surface area contributed by atoms with Gasteiger partial charge in [0, 0.05) is 17.1 Å². The molecule has 3 heterocycles. The van der Waals surface area contributed by atoms with Crippen LogP contribution in [0.4, 0.5) is 0 Å².